The molecule has 0 aliphatic heterocycles. The van der Waals surface area contributed by atoms with Gasteiger partial charge in [0.1, 0.15) is 0 Å². The first-order valence-corrected chi connectivity index (χ1v) is 7.33. The van der Waals surface area contributed by atoms with E-state index in [2.05, 4.69) is 62.2 Å². The smallest absolute Gasteiger partial charge is 0.0832 e. The summed E-state index contributed by atoms with van der Waals surface area (Å²) in [7, 11) is 0. The standard InChI is InChI=1S/C16H24N4/c1-6-15-11(3)19-20(13(15)5)14-8-9-16(18-10-14)12(4)17-7-2/h8-10,12,17H,6-7H2,1-5H3. The van der Waals surface area contributed by atoms with E-state index < -0.39 is 0 Å². The van der Waals surface area contributed by atoms with Crippen LogP contribution in [0.15, 0.2) is 18.3 Å². The maximum atomic E-state index is 4.62. The van der Waals surface area contributed by atoms with Crippen LogP contribution in [0.2, 0.25) is 0 Å². The van der Waals surface area contributed by atoms with Gasteiger partial charge in [-0.1, -0.05) is 13.8 Å². The Hall–Kier alpha value is -1.68. The first-order chi connectivity index (χ1) is 9.58. The zero-order chi connectivity index (χ0) is 14.7. The Balaban J connectivity index is 2.31. The van der Waals surface area contributed by atoms with Gasteiger partial charge in [0.25, 0.3) is 0 Å². The second kappa shape index (κ2) is 6.18. The highest BCUT2D eigenvalue weighted by molar-refractivity contribution is 5.36. The van der Waals surface area contributed by atoms with E-state index in [9.17, 15) is 0 Å². The molecule has 4 nitrogen and oxygen atoms in total. The third-order valence-corrected chi connectivity index (χ3v) is 3.76. The van der Waals surface area contributed by atoms with Crippen LogP contribution in [0.5, 0.6) is 0 Å². The Morgan fingerprint density at radius 2 is 2.00 bits per heavy atom. The molecule has 0 aliphatic carbocycles. The molecule has 1 atom stereocenters. The first kappa shape index (κ1) is 14.7. The summed E-state index contributed by atoms with van der Waals surface area (Å²) in [5, 5.41) is 7.99. The Morgan fingerprint density at radius 1 is 1.25 bits per heavy atom. The van der Waals surface area contributed by atoms with Gasteiger partial charge in [0.15, 0.2) is 0 Å². The molecule has 0 aromatic carbocycles. The predicted molar refractivity (Wildman–Crippen MR) is 82.3 cm³/mol. The Labute approximate surface area is 121 Å². The highest BCUT2D eigenvalue weighted by atomic mass is 15.3. The lowest BCUT2D eigenvalue weighted by Gasteiger charge is -2.12. The molecule has 0 spiro atoms. The lowest BCUT2D eigenvalue weighted by Crippen LogP contribution is -2.18. The van der Waals surface area contributed by atoms with E-state index in [0.29, 0.717) is 0 Å². The minimum absolute atomic E-state index is 0.278. The Morgan fingerprint density at radius 3 is 2.50 bits per heavy atom. The maximum Gasteiger partial charge on any atom is 0.0832 e. The Kier molecular flexibility index (Phi) is 4.55. The summed E-state index contributed by atoms with van der Waals surface area (Å²) in [6.07, 6.45) is 2.92. The van der Waals surface area contributed by atoms with Crippen molar-refractivity contribution in [2.24, 2.45) is 0 Å². The molecule has 2 aromatic heterocycles. The van der Waals surface area contributed by atoms with Crippen molar-refractivity contribution in [1.82, 2.24) is 20.1 Å². The fourth-order valence-electron chi connectivity index (χ4n) is 2.63. The van der Waals surface area contributed by atoms with Gasteiger partial charge in [-0.2, -0.15) is 5.10 Å². The van der Waals surface area contributed by atoms with E-state index >= 15 is 0 Å². The molecule has 0 aliphatic rings. The van der Waals surface area contributed by atoms with Crippen LogP contribution in [0.3, 0.4) is 0 Å². The molecule has 2 aromatic rings. The monoisotopic (exact) mass is 272 g/mol. The number of rotatable bonds is 5. The molecule has 1 unspecified atom stereocenters. The van der Waals surface area contributed by atoms with Gasteiger partial charge < -0.3 is 5.32 Å². The van der Waals surface area contributed by atoms with Gasteiger partial charge in [0.2, 0.25) is 0 Å². The largest absolute Gasteiger partial charge is 0.309 e. The molecule has 4 heteroatoms. The molecular formula is C16H24N4. The van der Waals surface area contributed by atoms with Crippen molar-refractivity contribution in [3.05, 3.63) is 41.0 Å². The van der Waals surface area contributed by atoms with Gasteiger partial charge in [-0.3, -0.25) is 4.98 Å². The van der Waals surface area contributed by atoms with Gasteiger partial charge >= 0.3 is 0 Å². The number of nitrogens with zero attached hydrogens (tertiary/aromatic N) is 3. The zero-order valence-electron chi connectivity index (χ0n) is 13.1. The van der Waals surface area contributed by atoms with E-state index in [1.54, 1.807) is 0 Å². The average molecular weight is 272 g/mol. The van der Waals surface area contributed by atoms with Crippen molar-refractivity contribution < 1.29 is 0 Å². The highest BCUT2D eigenvalue weighted by Gasteiger charge is 2.12. The van der Waals surface area contributed by atoms with E-state index in [0.717, 1.165) is 30.0 Å². The van der Waals surface area contributed by atoms with Crippen molar-refractivity contribution in [2.75, 3.05) is 6.54 Å². The third-order valence-electron chi connectivity index (χ3n) is 3.76. The van der Waals surface area contributed by atoms with Crippen molar-refractivity contribution in [2.45, 2.75) is 47.1 Å². The van der Waals surface area contributed by atoms with E-state index in [1.165, 1.54) is 11.3 Å². The van der Waals surface area contributed by atoms with E-state index in [-0.39, 0.29) is 6.04 Å². The number of hydrogen-bond acceptors (Lipinski definition) is 3. The fourth-order valence-corrected chi connectivity index (χ4v) is 2.63. The summed E-state index contributed by atoms with van der Waals surface area (Å²) in [4.78, 5) is 4.56. The number of aryl methyl sites for hydroxylation is 1. The number of nitrogens with one attached hydrogen (secondary N) is 1. The summed E-state index contributed by atoms with van der Waals surface area (Å²) in [6.45, 7) is 11.5. The average Bonchev–Trinajstić information content (AvgIpc) is 2.74. The lowest BCUT2D eigenvalue weighted by molar-refractivity contribution is 0.583. The van der Waals surface area contributed by atoms with Crippen molar-refractivity contribution >= 4 is 0 Å². The van der Waals surface area contributed by atoms with Gasteiger partial charge in [-0.15, -0.1) is 0 Å². The van der Waals surface area contributed by atoms with Crippen LogP contribution < -0.4 is 5.32 Å². The second-order valence-electron chi connectivity index (χ2n) is 5.14. The van der Waals surface area contributed by atoms with Gasteiger partial charge in [0.05, 0.1) is 23.3 Å². The zero-order valence-corrected chi connectivity index (χ0v) is 13.1. The van der Waals surface area contributed by atoms with Crippen LogP contribution in [-0.2, 0) is 6.42 Å². The molecular weight excluding hydrogens is 248 g/mol. The quantitative estimate of drug-likeness (QED) is 0.909. The molecule has 2 heterocycles. The van der Waals surface area contributed by atoms with Crippen LogP contribution in [-0.4, -0.2) is 21.3 Å². The van der Waals surface area contributed by atoms with E-state index in [1.807, 2.05) is 10.9 Å². The second-order valence-corrected chi connectivity index (χ2v) is 5.14. The molecule has 0 radical (unpaired) electrons. The van der Waals surface area contributed by atoms with E-state index in [4.69, 9.17) is 0 Å². The van der Waals surface area contributed by atoms with Crippen LogP contribution in [0.25, 0.3) is 5.69 Å². The number of aromatic nitrogens is 3. The van der Waals surface area contributed by atoms with Crippen LogP contribution in [0.4, 0.5) is 0 Å². The van der Waals surface area contributed by atoms with Gasteiger partial charge in [-0.25, -0.2) is 4.68 Å². The third kappa shape index (κ3) is 2.75. The van der Waals surface area contributed by atoms with Crippen molar-refractivity contribution in [3.8, 4) is 5.69 Å². The first-order valence-electron chi connectivity index (χ1n) is 7.33. The number of pyridine rings is 1. The molecule has 0 saturated heterocycles. The van der Waals surface area contributed by atoms with Crippen LogP contribution in [0.1, 0.15) is 49.5 Å². The summed E-state index contributed by atoms with van der Waals surface area (Å²) < 4.78 is 1.99. The van der Waals surface area contributed by atoms with Crippen LogP contribution >= 0.6 is 0 Å². The molecule has 2 rings (SSSR count). The molecule has 108 valence electrons. The molecule has 0 saturated carbocycles. The normalized spacial score (nSPS) is 12.7. The minimum Gasteiger partial charge on any atom is -0.309 e. The number of hydrogen-bond donors (Lipinski definition) is 1. The SMILES string of the molecule is CCNC(C)c1ccc(-n2nc(C)c(CC)c2C)cn1. The molecule has 20 heavy (non-hydrogen) atoms. The van der Waals surface area contributed by atoms with Crippen LogP contribution in [0, 0.1) is 13.8 Å². The van der Waals surface area contributed by atoms with Gasteiger partial charge in [-0.05, 0) is 51.4 Å². The maximum absolute atomic E-state index is 4.62. The molecule has 1 N–H and O–H groups in total. The molecule has 0 bridgehead atoms. The topological polar surface area (TPSA) is 42.7 Å². The van der Waals surface area contributed by atoms with Crippen molar-refractivity contribution in [3.63, 3.8) is 0 Å². The van der Waals surface area contributed by atoms with Crippen molar-refractivity contribution in [1.29, 1.82) is 0 Å². The summed E-state index contributed by atoms with van der Waals surface area (Å²) in [5.41, 5.74) is 5.73. The summed E-state index contributed by atoms with van der Waals surface area (Å²) in [5.74, 6) is 0. The summed E-state index contributed by atoms with van der Waals surface area (Å²) in [6, 6.07) is 4.44. The van der Waals surface area contributed by atoms with Gasteiger partial charge in [0, 0.05) is 11.7 Å². The highest BCUT2D eigenvalue weighted by Crippen LogP contribution is 2.19. The predicted octanol–water partition coefficient (Wildman–Crippen LogP) is 3.12. The molecule has 0 amide bonds. The molecule has 0 fully saturated rings. The Bertz CT molecular complexity index is 569. The fraction of sp³-hybridized carbons (Fsp3) is 0.500. The summed E-state index contributed by atoms with van der Waals surface area (Å²) >= 11 is 0. The minimum atomic E-state index is 0.278. The lowest BCUT2D eigenvalue weighted by atomic mass is 10.1.